The maximum absolute atomic E-state index is 6.94. The van der Waals surface area contributed by atoms with Gasteiger partial charge in [0.15, 0.2) is 5.82 Å². The fraction of sp³-hybridized carbons (Fsp3) is 0.0189. The van der Waals surface area contributed by atoms with Gasteiger partial charge < -0.3 is 8.83 Å². The largest absolute Gasteiger partial charge is 0.455 e. The molecule has 0 amide bonds. The maximum atomic E-state index is 6.94. The van der Waals surface area contributed by atoms with Gasteiger partial charge in [-0.25, -0.2) is 9.97 Å². The molecule has 0 aliphatic rings. The van der Waals surface area contributed by atoms with Crippen molar-refractivity contribution < 1.29 is 8.83 Å². The Kier molecular flexibility index (Phi) is 6.81. The minimum atomic E-state index is 0.682. The summed E-state index contributed by atoms with van der Waals surface area (Å²) in [6.07, 6.45) is 0. The smallest absolute Gasteiger partial charge is 0.160 e. The van der Waals surface area contributed by atoms with E-state index in [-0.39, 0.29) is 0 Å². The van der Waals surface area contributed by atoms with Crippen molar-refractivity contribution in [1.82, 2.24) is 9.97 Å². The van der Waals surface area contributed by atoms with Crippen molar-refractivity contribution >= 4 is 76.2 Å². The van der Waals surface area contributed by atoms with Gasteiger partial charge in [-0.2, -0.15) is 0 Å². The first-order valence-electron chi connectivity index (χ1n) is 19.3. The van der Waals surface area contributed by atoms with Crippen molar-refractivity contribution in [3.8, 4) is 45.0 Å². The van der Waals surface area contributed by atoms with Crippen LogP contribution in [0.2, 0.25) is 0 Å². The van der Waals surface area contributed by atoms with Gasteiger partial charge >= 0.3 is 0 Å². The van der Waals surface area contributed by atoms with Crippen LogP contribution in [-0.2, 0) is 0 Å². The first kappa shape index (κ1) is 31.8. The molecule has 0 fully saturated rings. The lowest BCUT2D eigenvalue weighted by Gasteiger charge is -2.17. The standard InChI is InChI=1S/C53H32N2O2/c1-31-49(54-53(32-15-3-2-4-16-32)55-50(31)44-29-33-17-5-6-18-34(33)35-19-7-8-20-36(35)44)41-25-14-28-47-48(41)42-26-13-24-40(51(42)57-47)43-30-45-38-22-11-12-27-46(38)56-52(45)39-23-10-9-21-37(39)43/h2-30H,1H3. The average molecular weight is 729 g/mol. The van der Waals surface area contributed by atoms with E-state index < -0.39 is 0 Å². The summed E-state index contributed by atoms with van der Waals surface area (Å²) in [5.41, 5.74) is 11.4. The molecule has 4 nitrogen and oxygen atoms in total. The number of hydrogen-bond acceptors (Lipinski definition) is 4. The lowest BCUT2D eigenvalue weighted by atomic mass is 9.91. The van der Waals surface area contributed by atoms with Gasteiger partial charge in [-0.1, -0.05) is 152 Å². The lowest BCUT2D eigenvalue weighted by molar-refractivity contribution is 0.670. The van der Waals surface area contributed by atoms with Crippen LogP contribution in [-0.4, -0.2) is 9.97 Å². The van der Waals surface area contributed by atoms with Gasteiger partial charge in [-0.3, -0.25) is 0 Å². The number of rotatable bonds is 4. The zero-order valence-corrected chi connectivity index (χ0v) is 31.0. The molecule has 0 bridgehead atoms. The van der Waals surface area contributed by atoms with Crippen LogP contribution >= 0.6 is 0 Å². The molecule has 0 aliphatic heterocycles. The summed E-state index contributed by atoms with van der Waals surface area (Å²) in [5, 5.41) is 11.2. The zero-order valence-electron chi connectivity index (χ0n) is 31.0. The van der Waals surface area contributed by atoms with Gasteiger partial charge in [0.05, 0.1) is 11.4 Å². The number of nitrogens with zero attached hydrogens (tertiary/aromatic N) is 2. The Morgan fingerprint density at radius 1 is 0.368 bits per heavy atom. The highest BCUT2D eigenvalue weighted by molar-refractivity contribution is 6.22. The Hall–Kier alpha value is -7.56. The van der Waals surface area contributed by atoms with E-state index in [9.17, 15) is 0 Å². The molecule has 0 unspecified atom stereocenters. The molecule has 0 radical (unpaired) electrons. The van der Waals surface area contributed by atoms with Gasteiger partial charge in [-0.15, -0.1) is 0 Å². The molecule has 0 N–H and O–H groups in total. The van der Waals surface area contributed by atoms with Gasteiger partial charge in [-0.05, 0) is 63.7 Å². The third-order valence-electron chi connectivity index (χ3n) is 11.7. The van der Waals surface area contributed by atoms with E-state index in [1.807, 2.05) is 30.3 Å². The van der Waals surface area contributed by atoms with E-state index in [0.29, 0.717) is 5.82 Å². The molecule has 3 heterocycles. The summed E-state index contributed by atoms with van der Waals surface area (Å²) in [6.45, 7) is 2.16. The third kappa shape index (κ3) is 4.74. The molecule has 12 rings (SSSR count). The second kappa shape index (κ2) is 12.2. The van der Waals surface area contributed by atoms with Crippen LogP contribution in [0.25, 0.3) is 121 Å². The topological polar surface area (TPSA) is 52.1 Å². The second-order valence-corrected chi connectivity index (χ2v) is 14.8. The quantitative estimate of drug-likeness (QED) is 0.169. The summed E-state index contributed by atoms with van der Waals surface area (Å²) in [4.78, 5) is 10.8. The summed E-state index contributed by atoms with van der Waals surface area (Å²) in [7, 11) is 0. The summed E-state index contributed by atoms with van der Waals surface area (Å²) in [6, 6.07) is 61.7. The molecule has 0 saturated carbocycles. The van der Waals surface area contributed by atoms with E-state index in [1.165, 1.54) is 16.2 Å². The molecule has 0 spiro atoms. The SMILES string of the molecule is Cc1c(-c2cc3ccccc3c3ccccc23)nc(-c2ccccc2)nc1-c1cccc2oc3c(-c4cc5c6ccccc6oc5c5ccccc45)cccc3c12. The third-order valence-corrected chi connectivity index (χ3v) is 11.7. The molecule has 3 aromatic heterocycles. The minimum absolute atomic E-state index is 0.682. The summed E-state index contributed by atoms with van der Waals surface area (Å²) >= 11 is 0. The molecule has 4 heteroatoms. The van der Waals surface area contributed by atoms with E-state index in [0.717, 1.165) is 105 Å². The van der Waals surface area contributed by atoms with Crippen molar-refractivity contribution in [3.63, 3.8) is 0 Å². The Morgan fingerprint density at radius 3 is 1.77 bits per heavy atom. The molecule has 12 aromatic rings. The number of aromatic nitrogens is 2. The Bertz CT molecular complexity index is 3600. The monoisotopic (exact) mass is 728 g/mol. The predicted molar refractivity (Wildman–Crippen MR) is 236 cm³/mol. The molecule has 0 atom stereocenters. The number of hydrogen-bond donors (Lipinski definition) is 0. The molecule has 266 valence electrons. The van der Waals surface area contributed by atoms with E-state index in [4.69, 9.17) is 18.8 Å². The fourth-order valence-electron chi connectivity index (χ4n) is 9.03. The Morgan fingerprint density at radius 2 is 0.947 bits per heavy atom. The van der Waals surface area contributed by atoms with Gasteiger partial charge in [0.1, 0.15) is 22.3 Å². The van der Waals surface area contributed by atoms with E-state index in [2.05, 4.69) is 153 Å². The number of fused-ring (bicyclic) bond motifs is 11. The molecule has 57 heavy (non-hydrogen) atoms. The second-order valence-electron chi connectivity index (χ2n) is 14.8. The summed E-state index contributed by atoms with van der Waals surface area (Å²) < 4.78 is 13.4. The highest BCUT2D eigenvalue weighted by Crippen LogP contribution is 2.46. The first-order chi connectivity index (χ1) is 28.2. The van der Waals surface area contributed by atoms with E-state index in [1.54, 1.807) is 0 Å². The van der Waals surface area contributed by atoms with Crippen molar-refractivity contribution in [3.05, 3.63) is 181 Å². The van der Waals surface area contributed by atoms with Crippen LogP contribution in [0.15, 0.2) is 185 Å². The van der Waals surface area contributed by atoms with Gasteiger partial charge in [0.2, 0.25) is 0 Å². The van der Waals surface area contributed by atoms with Crippen molar-refractivity contribution in [2.75, 3.05) is 0 Å². The highest BCUT2D eigenvalue weighted by Gasteiger charge is 2.23. The normalized spacial score (nSPS) is 11.9. The number of para-hydroxylation sites is 2. The maximum Gasteiger partial charge on any atom is 0.160 e. The van der Waals surface area contributed by atoms with Gasteiger partial charge in [0.25, 0.3) is 0 Å². The number of benzene rings is 9. The molecular formula is C53H32N2O2. The summed E-state index contributed by atoms with van der Waals surface area (Å²) in [5.74, 6) is 0.682. The van der Waals surface area contributed by atoms with Crippen LogP contribution < -0.4 is 0 Å². The minimum Gasteiger partial charge on any atom is -0.455 e. The van der Waals surface area contributed by atoms with Crippen LogP contribution in [0, 0.1) is 6.92 Å². The molecule has 9 aromatic carbocycles. The lowest BCUT2D eigenvalue weighted by Crippen LogP contribution is -2.01. The number of furan rings is 2. The fourth-order valence-corrected chi connectivity index (χ4v) is 9.03. The molecular weight excluding hydrogens is 697 g/mol. The highest BCUT2D eigenvalue weighted by atomic mass is 16.3. The molecule has 0 aliphatic carbocycles. The Labute approximate surface area is 327 Å². The van der Waals surface area contributed by atoms with Gasteiger partial charge in [0, 0.05) is 54.7 Å². The average Bonchev–Trinajstić information content (AvgIpc) is 3.85. The van der Waals surface area contributed by atoms with Crippen LogP contribution in [0.3, 0.4) is 0 Å². The Balaban J connectivity index is 1.14. The molecule has 0 saturated heterocycles. The van der Waals surface area contributed by atoms with Crippen LogP contribution in [0.4, 0.5) is 0 Å². The first-order valence-corrected chi connectivity index (χ1v) is 19.3. The predicted octanol–water partition coefficient (Wildman–Crippen LogP) is 14.7. The van der Waals surface area contributed by atoms with Crippen LogP contribution in [0.5, 0.6) is 0 Å². The van der Waals surface area contributed by atoms with E-state index >= 15 is 0 Å². The van der Waals surface area contributed by atoms with Crippen molar-refractivity contribution in [1.29, 1.82) is 0 Å². The van der Waals surface area contributed by atoms with Crippen molar-refractivity contribution in [2.24, 2.45) is 0 Å². The zero-order chi connectivity index (χ0) is 37.6. The van der Waals surface area contributed by atoms with Crippen LogP contribution in [0.1, 0.15) is 5.56 Å². The van der Waals surface area contributed by atoms with Crippen molar-refractivity contribution in [2.45, 2.75) is 6.92 Å².